The van der Waals surface area contributed by atoms with Crippen molar-refractivity contribution in [2.24, 2.45) is 21.7 Å². The minimum Gasteiger partial charge on any atom is -0.496 e. The summed E-state index contributed by atoms with van der Waals surface area (Å²) in [6.45, 7) is 0. The molecule has 4 N–H and O–H groups in total. The summed E-state index contributed by atoms with van der Waals surface area (Å²) in [5, 5.41) is 6.57. The molecule has 0 aliphatic carbocycles. The molecule has 0 aliphatic rings. The molecule has 104 valence electrons. The van der Waals surface area contributed by atoms with Gasteiger partial charge >= 0.3 is 6.18 Å². The number of guanidine groups is 1. The molecule has 0 radical (unpaired) electrons. The van der Waals surface area contributed by atoms with Crippen LogP contribution >= 0.6 is 0 Å². The molecule has 0 bridgehead atoms. The summed E-state index contributed by atoms with van der Waals surface area (Å²) < 4.78 is 55.6. The van der Waals surface area contributed by atoms with Gasteiger partial charge in [-0.15, -0.1) is 5.10 Å². The first-order valence-electron chi connectivity index (χ1n) is 4.82. The number of alkyl halides is 3. The summed E-state index contributed by atoms with van der Waals surface area (Å²) in [4.78, 5) is 0. The van der Waals surface area contributed by atoms with Gasteiger partial charge in [-0.2, -0.15) is 18.3 Å². The second-order valence-corrected chi connectivity index (χ2v) is 3.34. The van der Waals surface area contributed by atoms with Gasteiger partial charge in [0.05, 0.1) is 18.9 Å². The first-order chi connectivity index (χ1) is 8.75. The van der Waals surface area contributed by atoms with Crippen LogP contribution in [0.25, 0.3) is 0 Å². The van der Waals surface area contributed by atoms with Crippen LogP contribution < -0.4 is 16.2 Å². The molecule has 0 spiro atoms. The van der Waals surface area contributed by atoms with Crippen LogP contribution in [-0.2, 0) is 6.18 Å². The second kappa shape index (κ2) is 5.55. The predicted molar refractivity (Wildman–Crippen MR) is 61.4 cm³/mol. The Balaban J connectivity index is 3.29. The van der Waals surface area contributed by atoms with E-state index in [0.29, 0.717) is 12.1 Å². The predicted octanol–water partition coefficient (Wildman–Crippen LogP) is 1.46. The fraction of sp³-hybridized carbons (Fsp3) is 0.200. The Morgan fingerprint density at radius 2 is 1.95 bits per heavy atom. The van der Waals surface area contributed by atoms with E-state index in [0.717, 1.165) is 6.21 Å². The molecular weight excluding hydrogens is 268 g/mol. The zero-order chi connectivity index (χ0) is 14.6. The number of methoxy groups -OCH3 is 1. The molecule has 19 heavy (non-hydrogen) atoms. The van der Waals surface area contributed by atoms with Gasteiger partial charge in [0.2, 0.25) is 5.96 Å². The van der Waals surface area contributed by atoms with Crippen LogP contribution in [0.15, 0.2) is 22.3 Å². The van der Waals surface area contributed by atoms with Crippen molar-refractivity contribution >= 4 is 12.2 Å². The lowest BCUT2D eigenvalue weighted by Gasteiger charge is -2.11. The van der Waals surface area contributed by atoms with Crippen LogP contribution in [-0.4, -0.2) is 19.3 Å². The second-order valence-electron chi connectivity index (χ2n) is 3.34. The van der Waals surface area contributed by atoms with Gasteiger partial charge in [-0.3, -0.25) is 0 Å². The van der Waals surface area contributed by atoms with E-state index in [-0.39, 0.29) is 17.3 Å². The number of rotatable bonds is 3. The molecule has 0 atom stereocenters. The van der Waals surface area contributed by atoms with Crippen LogP contribution in [0.3, 0.4) is 0 Å². The number of ether oxygens (including phenoxy) is 1. The van der Waals surface area contributed by atoms with Crippen molar-refractivity contribution in [2.75, 3.05) is 7.11 Å². The molecule has 1 aromatic rings. The first kappa shape index (κ1) is 14.7. The van der Waals surface area contributed by atoms with Crippen molar-refractivity contribution in [2.45, 2.75) is 6.18 Å². The molecule has 1 rings (SSSR count). The van der Waals surface area contributed by atoms with Gasteiger partial charge in [-0.05, 0) is 6.07 Å². The number of nitrogens with two attached hydrogens (primary N) is 2. The largest absolute Gasteiger partial charge is 0.496 e. The number of benzene rings is 1. The molecular formula is C10H10F4N4O. The van der Waals surface area contributed by atoms with Gasteiger partial charge in [-0.25, -0.2) is 4.39 Å². The monoisotopic (exact) mass is 278 g/mol. The van der Waals surface area contributed by atoms with Gasteiger partial charge in [0.15, 0.2) is 0 Å². The zero-order valence-electron chi connectivity index (χ0n) is 9.70. The number of hydrogen-bond acceptors (Lipinski definition) is 3. The highest BCUT2D eigenvalue weighted by molar-refractivity contribution is 5.85. The van der Waals surface area contributed by atoms with E-state index in [4.69, 9.17) is 16.2 Å². The lowest BCUT2D eigenvalue weighted by atomic mass is 10.1. The van der Waals surface area contributed by atoms with E-state index in [2.05, 4.69) is 10.2 Å². The average Bonchev–Trinajstić information content (AvgIpc) is 2.28. The summed E-state index contributed by atoms with van der Waals surface area (Å²) >= 11 is 0. The molecule has 0 amide bonds. The maximum Gasteiger partial charge on any atom is 0.419 e. The van der Waals surface area contributed by atoms with E-state index in [1.807, 2.05) is 0 Å². The Kier molecular flexibility index (Phi) is 4.30. The molecule has 5 nitrogen and oxygen atoms in total. The van der Waals surface area contributed by atoms with Crippen molar-refractivity contribution in [1.29, 1.82) is 0 Å². The summed E-state index contributed by atoms with van der Waals surface area (Å²) in [7, 11) is 1.18. The van der Waals surface area contributed by atoms with Crippen LogP contribution in [0.5, 0.6) is 5.75 Å². The van der Waals surface area contributed by atoms with Gasteiger partial charge in [0.1, 0.15) is 11.6 Å². The quantitative estimate of drug-likeness (QED) is 0.380. The Morgan fingerprint density at radius 3 is 2.42 bits per heavy atom. The number of halogens is 4. The van der Waals surface area contributed by atoms with Crippen LogP contribution in [0, 0.1) is 5.82 Å². The van der Waals surface area contributed by atoms with Gasteiger partial charge in [0, 0.05) is 11.6 Å². The van der Waals surface area contributed by atoms with Gasteiger partial charge < -0.3 is 16.2 Å². The van der Waals surface area contributed by atoms with E-state index in [9.17, 15) is 17.6 Å². The third kappa shape index (κ3) is 3.83. The topological polar surface area (TPSA) is 86.0 Å². The zero-order valence-corrected chi connectivity index (χ0v) is 9.70. The normalized spacial score (nSPS) is 11.6. The Morgan fingerprint density at radius 1 is 1.32 bits per heavy atom. The molecule has 0 unspecified atom stereocenters. The van der Waals surface area contributed by atoms with Crippen molar-refractivity contribution in [3.05, 3.63) is 29.1 Å². The van der Waals surface area contributed by atoms with E-state index >= 15 is 0 Å². The first-order valence-corrected chi connectivity index (χ1v) is 4.82. The van der Waals surface area contributed by atoms with Crippen molar-refractivity contribution in [3.63, 3.8) is 0 Å². The maximum absolute atomic E-state index is 13.3. The third-order valence-corrected chi connectivity index (χ3v) is 1.99. The number of nitrogens with zero attached hydrogens (tertiary/aromatic N) is 2. The summed E-state index contributed by atoms with van der Waals surface area (Å²) in [6, 6.07) is 1.17. The minimum atomic E-state index is -4.82. The maximum atomic E-state index is 13.3. The fourth-order valence-corrected chi connectivity index (χ4v) is 1.22. The molecule has 9 heteroatoms. The van der Waals surface area contributed by atoms with Gasteiger partial charge in [0.25, 0.3) is 0 Å². The van der Waals surface area contributed by atoms with E-state index < -0.39 is 17.6 Å². The van der Waals surface area contributed by atoms with E-state index in [1.54, 1.807) is 0 Å². The molecule has 0 aromatic heterocycles. The summed E-state index contributed by atoms with van der Waals surface area (Å²) in [5.41, 5.74) is 8.45. The molecule has 0 saturated heterocycles. The lowest BCUT2D eigenvalue weighted by molar-refractivity contribution is -0.140. The number of hydrogen-bond donors (Lipinski definition) is 2. The lowest BCUT2D eigenvalue weighted by Crippen LogP contribution is -2.21. The highest BCUT2D eigenvalue weighted by atomic mass is 19.4. The molecule has 0 fully saturated rings. The minimum absolute atomic E-state index is 0.110. The summed E-state index contributed by atoms with van der Waals surface area (Å²) in [6.07, 6.45) is -3.90. The SMILES string of the molecule is COc1cc(F)c(C(F)(F)F)cc1C=NN=C(N)N. The molecule has 0 heterocycles. The highest BCUT2D eigenvalue weighted by Gasteiger charge is 2.35. The molecule has 0 aliphatic heterocycles. The fourth-order valence-electron chi connectivity index (χ4n) is 1.22. The standard InChI is InChI=1S/C10H10F4N4O/c1-19-8-3-7(11)6(10(12,13)14)2-5(8)4-17-18-9(15)16/h2-4H,1H3,(H4,15,16,18). The van der Waals surface area contributed by atoms with Gasteiger partial charge in [-0.1, -0.05) is 0 Å². The molecule has 0 saturated carbocycles. The van der Waals surface area contributed by atoms with Crippen LogP contribution in [0.4, 0.5) is 17.6 Å². The van der Waals surface area contributed by atoms with Crippen molar-refractivity contribution in [1.82, 2.24) is 0 Å². The Bertz CT molecular complexity index is 521. The van der Waals surface area contributed by atoms with Crippen molar-refractivity contribution in [3.8, 4) is 5.75 Å². The average molecular weight is 278 g/mol. The van der Waals surface area contributed by atoms with Crippen LogP contribution in [0.2, 0.25) is 0 Å². The smallest absolute Gasteiger partial charge is 0.419 e. The van der Waals surface area contributed by atoms with Crippen LogP contribution in [0.1, 0.15) is 11.1 Å². The van der Waals surface area contributed by atoms with E-state index in [1.165, 1.54) is 7.11 Å². The third-order valence-electron chi connectivity index (χ3n) is 1.99. The summed E-state index contributed by atoms with van der Waals surface area (Å²) in [5.74, 6) is -1.93. The molecule has 1 aromatic carbocycles. The van der Waals surface area contributed by atoms with Crippen molar-refractivity contribution < 1.29 is 22.3 Å². The Labute approximate surface area is 105 Å². The highest BCUT2D eigenvalue weighted by Crippen LogP contribution is 2.34. The Hall–Kier alpha value is -2.32.